The van der Waals surface area contributed by atoms with Crippen LogP contribution in [0.4, 0.5) is 0 Å². The minimum absolute atomic E-state index is 0.0609. The Morgan fingerprint density at radius 1 is 1.16 bits per heavy atom. The number of carboxylic acids is 1. The molecular formula is C12H8Cl2O5. The first-order valence-electron chi connectivity index (χ1n) is 4.96. The molecular weight excluding hydrogens is 295 g/mol. The van der Waals surface area contributed by atoms with Gasteiger partial charge in [0.05, 0.1) is 11.4 Å². The van der Waals surface area contributed by atoms with E-state index < -0.39 is 29.7 Å². The molecule has 7 heteroatoms. The van der Waals surface area contributed by atoms with Gasteiger partial charge in [0, 0.05) is 16.7 Å². The van der Waals surface area contributed by atoms with Gasteiger partial charge in [-0.1, -0.05) is 23.2 Å². The molecule has 0 amide bonds. The molecule has 0 aromatic heterocycles. The van der Waals surface area contributed by atoms with Crippen molar-refractivity contribution in [3.8, 4) is 0 Å². The molecule has 1 aromatic rings. The van der Waals surface area contributed by atoms with Gasteiger partial charge < -0.3 is 10.2 Å². The standard InChI is InChI=1S/C12H8Cl2O5/c13-6-1-2-9(14)8(3-6)10(16)4-7(15)5-11(17)12(18)19/h1-3,5,17H,4H2,(H,18,19). The molecule has 0 unspecified atom stereocenters. The Bertz CT molecular complexity index is 577. The number of carboxylic acid groups (broad SMARTS) is 1. The lowest BCUT2D eigenvalue weighted by Gasteiger charge is -2.02. The molecule has 0 saturated heterocycles. The van der Waals surface area contributed by atoms with E-state index in [9.17, 15) is 14.4 Å². The highest BCUT2D eigenvalue weighted by Gasteiger charge is 2.16. The third kappa shape index (κ3) is 4.39. The Hall–Kier alpha value is -1.85. The van der Waals surface area contributed by atoms with Crippen LogP contribution in [-0.2, 0) is 9.59 Å². The van der Waals surface area contributed by atoms with Crippen LogP contribution in [0.1, 0.15) is 16.8 Å². The lowest BCUT2D eigenvalue weighted by molar-refractivity contribution is -0.135. The van der Waals surface area contributed by atoms with Crippen LogP contribution in [0.5, 0.6) is 0 Å². The van der Waals surface area contributed by atoms with Gasteiger partial charge in [-0.2, -0.15) is 0 Å². The molecule has 0 heterocycles. The average molecular weight is 303 g/mol. The molecule has 0 bridgehead atoms. The molecule has 2 N–H and O–H groups in total. The Labute approximate surface area is 118 Å². The van der Waals surface area contributed by atoms with Crippen molar-refractivity contribution in [1.29, 1.82) is 0 Å². The first kappa shape index (κ1) is 15.2. The van der Waals surface area contributed by atoms with Gasteiger partial charge in [-0.05, 0) is 18.2 Å². The predicted molar refractivity (Wildman–Crippen MR) is 68.8 cm³/mol. The summed E-state index contributed by atoms with van der Waals surface area (Å²) in [5.74, 6) is -4.25. The molecule has 19 heavy (non-hydrogen) atoms. The van der Waals surface area contributed by atoms with Crippen LogP contribution in [-0.4, -0.2) is 27.7 Å². The van der Waals surface area contributed by atoms with E-state index in [0.29, 0.717) is 6.08 Å². The van der Waals surface area contributed by atoms with E-state index >= 15 is 0 Å². The lowest BCUT2D eigenvalue weighted by atomic mass is 10.1. The average Bonchev–Trinajstić information content (AvgIpc) is 2.31. The summed E-state index contributed by atoms with van der Waals surface area (Å²) in [6, 6.07) is 4.20. The molecule has 0 spiro atoms. The fraction of sp³-hybridized carbons (Fsp3) is 0.0833. The second-order valence-corrected chi connectivity index (χ2v) is 4.37. The molecule has 0 radical (unpaired) electrons. The molecule has 5 nitrogen and oxygen atoms in total. The number of hydrogen-bond donors (Lipinski definition) is 2. The predicted octanol–water partition coefficient (Wildman–Crippen LogP) is 2.66. The van der Waals surface area contributed by atoms with Crippen LogP contribution in [0.25, 0.3) is 0 Å². The van der Waals surface area contributed by atoms with Crippen molar-refractivity contribution in [3.63, 3.8) is 0 Å². The molecule has 0 aliphatic carbocycles. The van der Waals surface area contributed by atoms with E-state index in [2.05, 4.69) is 0 Å². The highest BCUT2D eigenvalue weighted by molar-refractivity contribution is 6.36. The SMILES string of the molecule is O=C(C=C(O)C(=O)O)CC(=O)c1cc(Cl)ccc1Cl. The van der Waals surface area contributed by atoms with E-state index in [1.54, 1.807) is 0 Å². The van der Waals surface area contributed by atoms with E-state index in [4.69, 9.17) is 33.4 Å². The maximum atomic E-state index is 11.8. The molecule has 1 rings (SSSR count). The van der Waals surface area contributed by atoms with Gasteiger partial charge in [-0.3, -0.25) is 9.59 Å². The Kier molecular flexibility index (Phi) is 5.09. The van der Waals surface area contributed by atoms with Gasteiger partial charge in [0.15, 0.2) is 11.6 Å². The first-order chi connectivity index (χ1) is 8.81. The summed E-state index contributed by atoms with van der Waals surface area (Å²) in [7, 11) is 0. The quantitative estimate of drug-likeness (QED) is 0.377. The van der Waals surface area contributed by atoms with Crippen molar-refractivity contribution >= 4 is 40.7 Å². The number of carbonyl (C=O) groups is 3. The van der Waals surface area contributed by atoms with Crippen molar-refractivity contribution in [2.75, 3.05) is 0 Å². The minimum atomic E-state index is -1.65. The first-order valence-corrected chi connectivity index (χ1v) is 5.72. The number of carbonyl (C=O) groups excluding carboxylic acids is 2. The maximum Gasteiger partial charge on any atom is 0.371 e. The number of benzene rings is 1. The van der Waals surface area contributed by atoms with Crippen LogP contribution in [0.3, 0.4) is 0 Å². The summed E-state index contributed by atoms with van der Waals surface area (Å²) in [6.45, 7) is 0. The Balaban J connectivity index is 2.86. The number of rotatable bonds is 5. The number of aliphatic carboxylic acids is 1. The number of aliphatic hydroxyl groups excluding tert-OH is 1. The lowest BCUT2D eigenvalue weighted by Crippen LogP contribution is -2.09. The van der Waals surface area contributed by atoms with Crippen molar-refractivity contribution in [1.82, 2.24) is 0 Å². The number of aliphatic hydroxyl groups is 1. The smallest absolute Gasteiger partial charge is 0.371 e. The molecule has 0 atom stereocenters. The van der Waals surface area contributed by atoms with Crippen LogP contribution in [0.15, 0.2) is 30.0 Å². The highest BCUT2D eigenvalue weighted by atomic mass is 35.5. The Morgan fingerprint density at radius 2 is 1.79 bits per heavy atom. The molecule has 100 valence electrons. The second kappa shape index (κ2) is 6.36. The third-order valence-electron chi connectivity index (χ3n) is 2.08. The summed E-state index contributed by atoms with van der Waals surface area (Å²) < 4.78 is 0. The van der Waals surface area contributed by atoms with Crippen LogP contribution in [0.2, 0.25) is 10.0 Å². The van der Waals surface area contributed by atoms with Gasteiger partial charge in [0.2, 0.25) is 5.76 Å². The monoisotopic (exact) mass is 302 g/mol. The fourth-order valence-electron chi connectivity index (χ4n) is 1.23. The van der Waals surface area contributed by atoms with Crippen molar-refractivity contribution < 1.29 is 24.6 Å². The molecule has 0 fully saturated rings. The zero-order valence-corrected chi connectivity index (χ0v) is 10.9. The van der Waals surface area contributed by atoms with E-state index in [1.807, 2.05) is 0 Å². The van der Waals surface area contributed by atoms with Gasteiger partial charge >= 0.3 is 5.97 Å². The topological polar surface area (TPSA) is 91.7 Å². The summed E-state index contributed by atoms with van der Waals surface area (Å²) in [5, 5.41) is 17.6. The molecule has 0 aliphatic rings. The van der Waals surface area contributed by atoms with Crippen molar-refractivity contribution in [2.24, 2.45) is 0 Å². The summed E-state index contributed by atoms with van der Waals surface area (Å²) in [6.07, 6.45) is -0.143. The highest BCUT2D eigenvalue weighted by Crippen LogP contribution is 2.22. The van der Waals surface area contributed by atoms with E-state index in [1.165, 1.54) is 18.2 Å². The van der Waals surface area contributed by atoms with Crippen molar-refractivity contribution in [2.45, 2.75) is 6.42 Å². The fourth-order valence-corrected chi connectivity index (χ4v) is 1.62. The number of allylic oxidation sites excluding steroid dienone is 1. The molecule has 0 saturated carbocycles. The normalized spacial score (nSPS) is 11.2. The minimum Gasteiger partial charge on any atom is -0.502 e. The third-order valence-corrected chi connectivity index (χ3v) is 2.65. The van der Waals surface area contributed by atoms with Crippen LogP contribution in [0, 0.1) is 0 Å². The van der Waals surface area contributed by atoms with Gasteiger partial charge in [0.1, 0.15) is 0 Å². The van der Waals surface area contributed by atoms with E-state index in [0.717, 1.165) is 0 Å². The van der Waals surface area contributed by atoms with Gasteiger partial charge in [0.25, 0.3) is 0 Å². The maximum absolute atomic E-state index is 11.8. The number of Topliss-reactive ketones (excluding diaryl/α,β-unsaturated/α-hetero) is 1. The summed E-state index contributed by atoms with van der Waals surface area (Å²) >= 11 is 11.5. The number of halogens is 2. The zero-order valence-electron chi connectivity index (χ0n) is 9.39. The van der Waals surface area contributed by atoms with Crippen molar-refractivity contribution in [3.05, 3.63) is 45.6 Å². The summed E-state index contributed by atoms with van der Waals surface area (Å²) in [4.78, 5) is 33.4. The zero-order chi connectivity index (χ0) is 14.6. The van der Waals surface area contributed by atoms with Gasteiger partial charge in [-0.25, -0.2) is 4.79 Å². The van der Waals surface area contributed by atoms with Gasteiger partial charge in [-0.15, -0.1) is 0 Å². The van der Waals surface area contributed by atoms with Crippen LogP contribution < -0.4 is 0 Å². The largest absolute Gasteiger partial charge is 0.502 e. The molecule has 1 aromatic carbocycles. The number of ketones is 2. The Morgan fingerprint density at radius 3 is 2.37 bits per heavy atom. The second-order valence-electron chi connectivity index (χ2n) is 3.53. The van der Waals surface area contributed by atoms with Crippen LogP contribution >= 0.6 is 23.2 Å². The summed E-state index contributed by atoms with van der Waals surface area (Å²) in [5.41, 5.74) is 0.0609. The van der Waals surface area contributed by atoms with E-state index in [-0.39, 0.29) is 15.6 Å². The number of hydrogen-bond acceptors (Lipinski definition) is 4. The molecule has 0 aliphatic heterocycles.